The second kappa shape index (κ2) is 5.02. The molecule has 0 bridgehead atoms. The summed E-state index contributed by atoms with van der Waals surface area (Å²) in [6.07, 6.45) is 0. The van der Waals surface area contributed by atoms with Crippen molar-refractivity contribution < 1.29 is 0 Å². The molecule has 1 N–H and O–H groups in total. The predicted octanol–water partition coefficient (Wildman–Crippen LogP) is 4.55. The number of rotatable bonds is 2. The number of hydrogen-bond donors (Lipinski definition) is 1. The molecule has 0 aliphatic rings. The van der Waals surface area contributed by atoms with E-state index in [1.54, 1.807) is 0 Å². The summed E-state index contributed by atoms with van der Waals surface area (Å²) in [4.78, 5) is 7.78. The first kappa shape index (κ1) is 13.0. The van der Waals surface area contributed by atoms with Gasteiger partial charge in [-0.15, -0.1) is 0 Å². The van der Waals surface area contributed by atoms with Gasteiger partial charge in [-0.2, -0.15) is 0 Å². The van der Waals surface area contributed by atoms with E-state index in [1.807, 2.05) is 13.8 Å². The molecule has 1 aromatic carbocycles. The van der Waals surface area contributed by atoms with Crippen LogP contribution in [-0.2, 0) is 0 Å². The lowest BCUT2D eigenvalue weighted by Crippen LogP contribution is -1.96. The molecule has 94 valence electrons. The first-order valence-corrected chi connectivity index (χ1v) is 6.57. The molecule has 0 amide bonds. The summed E-state index contributed by atoms with van der Waals surface area (Å²) in [6, 6.07) is 8.48. The van der Waals surface area contributed by atoms with E-state index >= 15 is 0 Å². The minimum absolute atomic E-state index is 0.543. The van der Waals surface area contributed by atoms with Gasteiger partial charge in [-0.1, -0.05) is 50.3 Å². The van der Waals surface area contributed by atoms with E-state index in [-0.39, 0.29) is 0 Å². The van der Waals surface area contributed by atoms with Crippen LogP contribution in [0.15, 0.2) is 24.3 Å². The number of nitrogens with one attached hydrogen (secondary N) is 1. The summed E-state index contributed by atoms with van der Waals surface area (Å²) in [5, 5.41) is 0. The zero-order chi connectivity index (χ0) is 13.3. The van der Waals surface area contributed by atoms with Crippen LogP contribution in [0.1, 0.15) is 36.7 Å². The summed E-state index contributed by atoms with van der Waals surface area (Å²) in [6.45, 7) is 8.36. The monoisotopic (exact) mass is 258 g/mol. The second-order valence-electron chi connectivity index (χ2n) is 4.90. The van der Waals surface area contributed by atoms with Gasteiger partial charge in [0, 0.05) is 11.3 Å². The zero-order valence-electron chi connectivity index (χ0n) is 11.2. The Morgan fingerprint density at radius 1 is 1.11 bits per heavy atom. The average molecular weight is 258 g/mol. The number of aryl methyl sites for hydroxylation is 2. The van der Waals surface area contributed by atoms with Gasteiger partial charge in [-0.3, -0.25) is 0 Å². The van der Waals surface area contributed by atoms with Crippen LogP contribution in [0.5, 0.6) is 0 Å². The Labute approximate surface area is 113 Å². The van der Waals surface area contributed by atoms with Crippen molar-refractivity contribution in [2.24, 2.45) is 0 Å². The summed E-state index contributed by atoms with van der Waals surface area (Å²) >= 11 is 5.35. The van der Waals surface area contributed by atoms with Crippen LogP contribution < -0.4 is 0 Å². The first-order chi connectivity index (χ1) is 8.49. The lowest BCUT2D eigenvalue weighted by molar-refractivity contribution is 0.867. The third kappa shape index (κ3) is 2.51. The molecule has 18 heavy (non-hydrogen) atoms. The molecule has 0 saturated carbocycles. The molecule has 0 atom stereocenters. The van der Waals surface area contributed by atoms with Gasteiger partial charge in [0.2, 0.25) is 0 Å². The van der Waals surface area contributed by atoms with Gasteiger partial charge in [-0.25, -0.2) is 4.98 Å². The molecule has 0 saturated heterocycles. The maximum Gasteiger partial charge on any atom is 0.130 e. The third-order valence-electron chi connectivity index (χ3n) is 3.19. The molecule has 1 aromatic heterocycles. The number of aromatic amines is 1. The fourth-order valence-corrected chi connectivity index (χ4v) is 2.16. The minimum atomic E-state index is 0.543. The van der Waals surface area contributed by atoms with E-state index in [2.05, 4.69) is 48.1 Å². The van der Waals surface area contributed by atoms with Crippen LogP contribution in [0.25, 0.3) is 11.3 Å². The molecule has 0 aliphatic heterocycles. The molecule has 0 unspecified atom stereocenters. The van der Waals surface area contributed by atoms with Crippen molar-refractivity contribution >= 4 is 12.2 Å². The fraction of sp³-hybridized carbons (Fsp3) is 0.333. The smallest absolute Gasteiger partial charge is 0.130 e. The van der Waals surface area contributed by atoms with E-state index in [9.17, 15) is 0 Å². The number of benzene rings is 1. The molecule has 2 nitrogen and oxygen atoms in total. The molecule has 2 rings (SSSR count). The van der Waals surface area contributed by atoms with Crippen LogP contribution in [0.2, 0.25) is 0 Å². The normalized spacial score (nSPS) is 10.9. The van der Waals surface area contributed by atoms with Crippen molar-refractivity contribution in [3.8, 4) is 11.3 Å². The van der Waals surface area contributed by atoms with E-state index < -0.39 is 0 Å². The Balaban J connectivity index is 2.49. The summed E-state index contributed by atoms with van der Waals surface area (Å²) in [5.74, 6) is 0.543. The lowest BCUT2D eigenvalue weighted by atomic mass is 10.0. The van der Waals surface area contributed by atoms with E-state index in [4.69, 9.17) is 12.2 Å². The van der Waals surface area contributed by atoms with Gasteiger partial charge >= 0.3 is 0 Å². The topological polar surface area (TPSA) is 28.7 Å². The van der Waals surface area contributed by atoms with Crippen molar-refractivity contribution in [2.75, 3.05) is 0 Å². The average Bonchev–Trinajstić information content (AvgIpc) is 2.34. The summed E-state index contributed by atoms with van der Waals surface area (Å²) in [7, 11) is 0. The molecular formula is C15H18N2S. The van der Waals surface area contributed by atoms with Gasteiger partial charge < -0.3 is 4.98 Å². The molecular weight excluding hydrogens is 240 g/mol. The summed E-state index contributed by atoms with van der Waals surface area (Å²) in [5.41, 5.74) is 5.29. The van der Waals surface area contributed by atoms with Gasteiger partial charge in [0.1, 0.15) is 10.3 Å². The number of nitrogens with zero attached hydrogens (tertiary/aromatic N) is 1. The second-order valence-corrected chi connectivity index (χ2v) is 5.31. The lowest BCUT2D eigenvalue weighted by Gasteiger charge is -2.08. The fourth-order valence-electron chi connectivity index (χ4n) is 1.84. The van der Waals surface area contributed by atoms with Gasteiger partial charge in [0.05, 0.1) is 5.69 Å². The van der Waals surface area contributed by atoms with Crippen LogP contribution in [-0.4, -0.2) is 9.97 Å². The highest BCUT2D eigenvalue weighted by Gasteiger charge is 2.06. The molecule has 0 radical (unpaired) electrons. The Bertz CT molecular complexity index is 609. The SMILES string of the molecule is Cc1nc(-c2ccc(C(C)C)cc2)c(=S)[nH]c1C. The molecule has 2 aromatic rings. The number of hydrogen-bond acceptors (Lipinski definition) is 2. The molecule has 3 heteroatoms. The van der Waals surface area contributed by atoms with Gasteiger partial charge in [-0.05, 0) is 25.3 Å². The molecule has 1 heterocycles. The highest BCUT2D eigenvalue weighted by Crippen LogP contribution is 2.22. The Kier molecular flexibility index (Phi) is 3.62. The highest BCUT2D eigenvalue weighted by molar-refractivity contribution is 7.71. The van der Waals surface area contributed by atoms with Crippen LogP contribution in [0.3, 0.4) is 0 Å². The van der Waals surface area contributed by atoms with Crippen molar-refractivity contribution in [3.05, 3.63) is 45.9 Å². The van der Waals surface area contributed by atoms with Crippen molar-refractivity contribution in [2.45, 2.75) is 33.6 Å². The van der Waals surface area contributed by atoms with E-state index in [0.29, 0.717) is 10.6 Å². The molecule has 0 fully saturated rings. The highest BCUT2D eigenvalue weighted by atomic mass is 32.1. The van der Waals surface area contributed by atoms with Gasteiger partial charge in [0.15, 0.2) is 0 Å². The van der Waals surface area contributed by atoms with Crippen molar-refractivity contribution in [3.63, 3.8) is 0 Å². The van der Waals surface area contributed by atoms with Crippen LogP contribution in [0, 0.1) is 18.5 Å². The first-order valence-electron chi connectivity index (χ1n) is 6.17. The molecule has 0 spiro atoms. The Morgan fingerprint density at radius 3 is 2.28 bits per heavy atom. The van der Waals surface area contributed by atoms with E-state index in [1.165, 1.54) is 5.56 Å². The van der Waals surface area contributed by atoms with Crippen molar-refractivity contribution in [1.82, 2.24) is 9.97 Å². The number of H-pyrrole nitrogens is 1. The Morgan fingerprint density at radius 2 is 1.72 bits per heavy atom. The molecule has 0 aliphatic carbocycles. The third-order valence-corrected chi connectivity index (χ3v) is 3.48. The maximum atomic E-state index is 5.35. The minimum Gasteiger partial charge on any atom is -0.347 e. The maximum absolute atomic E-state index is 5.35. The van der Waals surface area contributed by atoms with Gasteiger partial charge in [0.25, 0.3) is 0 Å². The van der Waals surface area contributed by atoms with Crippen LogP contribution in [0.4, 0.5) is 0 Å². The van der Waals surface area contributed by atoms with Crippen molar-refractivity contribution in [1.29, 1.82) is 0 Å². The predicted molar refractivity (Wildman–Crippen MR) is 78.4 cm³/mol. The standard InChI is InChI=1S/C15H18N2S/c1-9(2)12-5-7-13(8-6-12)14-15(18)17-11(4)10(3)16-14/h5-9H,1-4H3,(H,17,18). The largest absolute Gasteiger partial charge is 0.347 e. The van der Waals surface area contributed by atoms with E-state index in [0.717, 1.165) is 22.6 Å². The van der Waals surface area contributed by atoms with Crippen LogP contribution >= 0.6 is 12.2 Å². The summed E-state index contributed by atoms with van der Waals surface area (Å²) < 4.78 is 0.704. The zero-order valence-corrected chi connectivity index (χ0v) is 12.1. The Hall–Kier alpha value is -1.48. The number of aromatic nitrogens is 2. The quantitative estimate of drug-likeness (QED) is 0.801.